The molecule has 19 heavy (non-hydrogen) atoms. The quantitative estimate of drug-likeness (QED) is 0.761. The summed E-state index contributed by atoms with van der Waals surface area (Å²) in [4.78, 5) is 12.4. The Morgan fingerprint density at radius 2 is 1.63 bits per heavy atom. The number of para-hydroxylation sites is 1. The van der Waals surface area contributed by atoms with Crippen molar-refractivity contribution in [3.63, 3.8) is 0 Å². The minimum Gasteiger partial charge on any atom is -0.455 e. The van der Waals surface area contributed by atoms with Gasteiger partial charge in [-0.3, -0.25) is 4.79 Å². The van der Waals surface area contributed by atoms with Crippen LogP contribution in [0.25, 0.3) is 22.3 Å². The van der Waals surface area contributed by atoms with Crippen LogP contribution in [0.4, 0.5) is 0 Å². The van der Waals surface area contributed by atoms with Crippen LogP contribution >= 0.6 is 0 Å². The summed E-state index contributed by atoms with van der Waals surface area (Å²) < 4.78 is 5.87. The maximum atomic E-state index is 12.4. The topological polar surface area (TPSA) is 56.2 Å². The van der Waals surface area contributed by atoms with Crippen LogP contribution in [-0.4, -0.2) is 0 Å². The van der Waals surface area contributed by atoms with Crippen molar-refractivity contribution in [2.45, 2.75) is 6.54 Å². The first-order valence-corrected chi connectivity index (χ1v) is 6.11. The smallest absolute Gasteiger partial charge is 0.197 e. The number of hydrogen-bond donors (Lipinski definition) is 1. The third-order valence-electron chi connectivity index (χ3n) is 3.13. The van der Waals surface area contributed by atoms with Crippen molar-refractivity contribution in [1.29, 1.82) is 0 Å². The Hall–Kier alpha value is -2.39. The lowest BCUT2D eigenvalue weighted by atomic mass is 10.0. The van der Waals surface area contributed by atoms with Crippen LogP contribution in [0.15, 0.2) is 63.8 Å². The van der Waals surface area contributed by atoms with E-state index in [1.54, 1.807) is 12.1 Å². The highest BCUT2D eigenvalue weighted by Gasteiger charge is 2.14. The number of fused-ring (bicyclic) bond motifs is 1. The average Bonchev–Trinajstić information content (AvgIpc) is 2.48. The zero-order chi connectivity index (χ0) is 13.2. The number of rotatable bonds is 2. The molecule has 0 radical (unpaired) electrons. The molecule has 1 heterocycles. The fourth-order valence-corrected chi connectivity index (χ4v) is 2.19. The minimum absolute atomic E-state index is 0.0526. The minimum atomic E-state index is -0.0526. The number of benzene rings is 2. The second kappa shape index (κ2) is 4.71. The highest BCUT2D eigenvalue weighted by atomic mass is 16.3. The van der Waals surface area contributed by atoms with Crippen molar-refractivity contribution in [2.24, 2.45) is 5.73 Å². The summed E-state index contributed by atoms with van der Waals surface area (Å²) in [6.45, 7) is 0.164. The van der Waals surface area contributed by atoms with E-state index in [0.29, 0.717) is 22.3 Å². The third kappa shape index (κ3) is 1.94. The van der Waals surface area contributed by atoms with E-state index in [2.05, 4.69) is 0 Å². The van der Waals surface area contributed by atoms with Crippen LogP contribution in [0.5, 0.6) is 0 Å². The molecule has 0 amide bonds. The maximum absolute atomic E-state index is 12.4. The summed E-state index contributed by atoms with van der Waals surface area (Å²) in [5, 5.41) is 0.572. The lowest BCUT2D eigenvalue weighted by Gasteiger charge is -2.08. The van der Waals surface area contributed by atoms with Gasteiger partial charge in [-0.1, -0.05) is 42.5 Å². The molecule has 94 valence electrons. The predicted molar refractivity (Wildman–Crippen MR) is 75.8 cm³/mol. The Morgan fingerprint density at radius 3 is 2.37 bits per heavy atom. The summed E-state index contributed by atoms with van der Waals surface area (Å²) in [7, 11) is 0. The van der Waals surface area contributed by atoms with Crippen molar-refractivity contribution in [3.05, 3.63) is 70.4 Å². The molecular weight excluding hydrogens is 238 g/mol. The van der Waals surface area contributed by atoms with Gasteiger partial charge in [-0.2, -0.15) is 0 Å². The van der Waals surface area contributed by atoms with Gasteiger partial charge in [0.25, 0.3) is 0 Å². The fraction of sp³-hybridized carbons (Fsp3) is 0.0625. The monoisotopic (exact) mass is 251 g/mol. The molecule has 0 fully saturated rings. The van der Waals surface area contributed by atoms with E-state index in [1.807, 2.05) is 42.5 Å². The van der Waals surface area contributed by atoms with Crippen molar-refractivity contribution in [1.82, 2.24) is 0 Å². The van der Waals surface area contributed by atoms with Gasteiger partial charge >= 0.3 is 0 Å². The van der Waals surface area contributed by atoms with Gasteiger partial charge in [0.1, 0.15) is 11.3 Å². The van der Waals surface area contributed by atoms with Crippen molar-refractivity contribution >= 4 is 11.0 Å². The molecule has 0 aliphatic carbocycles. The molecule has 0 spiro atoms. The lowest BCUT2D eigenvalue weighted by molar-refractivity contribution is 0.610. The molecule has 2 aromatic carbocycles. The van der Waals surface area contributed by atoms with Crippen molar-refractivity contribution in [2.75, 3.05) is 0 Å². The van der Waals surface area contributed by atoms with Gasteiger partial charge in [-0.25, -0.2) is 0 Å². The van der Waals surface area contributed by atoms with Crippen LogP contribution < -0.4 is 11.2 Å². The molecular formula is C16H13NO2. The van der Waals surface area contributed by atoms with Gasteiger partial charge in [-0.05, 0) is 12.1 Å². The predicted octanol–water partition coefficient (Wildman–Crippen LogP) is 2.92. The zero-order valence-corrected chi connectivity index (χ0v) is 10.3. The molecule has 2 N–H and O–H groups in total. The Labute approximate surface area is 110 Å². The Morgan fingerprint density at radius 1 is 0.947 bits per heavy atom. The normalized spacial score (nSPS) is 10.8. The molecule has 0 saturated carbocycles. The highest BCUT2D eigenvalue weighted by molar-refractivity contribution is 5.80. The lowest BCUT2D eigenvalue weighted by Crippen LogP contribution is -2.14. The molecule has 0 atom stereocenters. The maximum Gasteiger partial charge on any atom is 0.197 e. The van der Waals surface area contributed by atoms with Crippen LogP contribution in [0.3, 0.4) is 0 Å². The van der Waals surface area contributed by atoms with Crippen LogP contribution in [0.2, 0.25) is 0 Å². The summed E-state index contributed by atoms with van der Waals surface area (Å²) in [5.41, 5.74) is 7.64. The Bertz CT molecular complexity index is 776. The van der Waals surface area contributed by atoms with Crippen molar-refractivity contribution in [3.8, 4) is 11.3 Å². The molecule has 0 aliphatic heterocycles. The van der Waals surface area contributed by atoms with E-state index < -0.39 is 0 Å². The van der Waals surface area contributed by atoms with Crippen LogP contribution in [0.1, 0.15) is 5.56 Å². The standard InChI is InChI=1S/C16H13NO2/c17-10-13-15(18)12-8-4-5-9-14(12)19-16(13)11-6-2-1-3-7-11/h1-9H,10,17H2. The summed E-state index contributed by atoms with van der Waals surface area (Å²) in [6.07, 6.45) is 0. The molecule has 1 aromatic heterocycles. The van der Waals surface area contributed by atoms with E-state index in [1.165, 1.54) is 0 Å². The van der Waals surface area contributed by atoms with Crippen LogP contribution in [0, 0.1) is 0 Å². The molecule has 3 rings (SSSR count). The summed E-state index contributed by atoms with van der Waals surface area (Å²) in [5.74, 6) is 0.562. The molecule has 3 heteroatoms. The van der Waals surface area contributed by atoms with Crippen molar-refractivity contribution < 1.29 is 4.42 Å². The first-order valence-electron chi connectivity index (χ1n) is 6.11. The molecule has 0 saturated heterocycles. The molecule has 0 aliphatic rings. The average molecular weight is 251 g/mol. The van der Waals surface area contributed by atoms with Gasteiger partial charge in [0, 0.05) is 12.1 Å². The first kappa shape index (κ1) is 11.7. The molecule has 3 nitrogen and oxygen atoms in total. The molecule has 0 bridgehead atoms. The first-order chi connectivity index (χ1) is 9.31. The van der Waals surface area contributed by atoms with E-state index in [4.69, 9.17) is 10.2 Å². The second-order valence-corrected chi connectivity index (χ2v) is 4.31. The largest absolute Gasteiger partial charge is 0.455 e. The fourth-order valence-electron chi connectivity index (χ4n) is 2.19. The second-order valence-electron chi connectivity index (χ2n) is 4.31. The van der Waals surface area contributed by atoms with E-state index >= 15 is 0 Å². The Kier molecular flexibility index (Phi) is 2.89. The molecule has 3 aromatic rings. The summed E-state index contributed by atoms with van der Waals surface area (Å²) in [6, 6.07) is 16.8. The van der Waals surface area contributed by atoms with E-state index in [0.717, 1.165) is 5.56 Å². The highest BCUT2D eigenvalue weighted by Crippen LogP contribution is 2.25. The van der Waals surface area contributed by atoms with Gasteiger partial charge in [0.2, 0.25) is 0 Å². The van der Waals surface area contributed by atoms with Gasteiger partial charge in [0.05, 0.1) is 10.9 Å². The number of nitrogens with two attached hydrogens (primary N) is 1. The SMILES string of the molecule is NCc1c(-c2ccccc2)oc2ccccc2c1=O. The van der Waals surface area contributed by atoms with Gasteiger partial charge < -0.3 is 10.2 Å². The Balaban J connectivity index is 2.39. The zero-order valence-electron chi connectivity index (χ0n) is 10.3. The van der Waals surface area contributed by atoms with E-state index in [9.17, 15) is 4.79 Å². The number of hydrogen-bond acceptors (Lipinski definition) is 3. The third-order valence-corrected chi connectivity index (χ3v) is 3.13. The van der Waals surface area contributed by atoms with Gasteiger partial charge in [-0.15, -0.1) is 0 Å². The van der Waals surface area contributed by atoms with Gasteiger partial charge in [0.15, 0.2) is 5.43 Å². The van der Waals surface area contributed by atoms with Crippen LogP contribution in [-0.2, 0) is 6.54 Å². The summed E-state index contributed by atoms with van der Waals surface area (Å²) >= 11 is 0. The molecule has 0 unspecified atom stereocenters. The van der Waals surface area contributed by atoms with E-state index in [-0.39, 0.29) is 12.0 Å².